The van der Waals surface area contributed by atoms with E-state index in [4.69, 9.17) is 5.11 Å². The average molecular weight is 332 g/mol. The van der Waals surface area contributed by atoms with Gasteiger partial charge in [-0.1, -0.05) is 30.3 Å². The Balaban J connectivity index is 1.90. The second kappa shape index (κ2) is 7.47. The van der Waals surface area contributed by atoms with E-state index >= 15 is 0 Å². The largest absolute Gasteiger partial charge is 0.481 e. The molecule has 1 unspecified atom stereocenters. The number of nitrogens with one attached hydrogen (secondary N) is 1. The summed E-state index contributed by atoms with van der Waals surface area (Å²) < 4.78 is 0. The minimum absolute atomic E-state index is 0.00297. The van der Waals surface area contributed by atoms with Crippen LogP contribution in [0.5, 0.6) is 0 Å². The van der Waals surface area contributed by atoms with Gasteiger partial charge in [0, 0.05) is 31.5 Å². The van der Waals surface area contributed by atoms with Crippen LogP contribution in [-0.4, -0.2) is 39.9 Å². The van der Waals surface area contributed by atoms with Crippen LogP contribution in [0, 0.1) is 5.92 Å². The fourth-order valence-corrected chi connectivity index (χ4v) is 2.82. The van der Waals surface area contributed by atoms with E-state index in [2.05, 4.69) is 5.32 Å². The van der Waals surface area contributed by atoms with Crippen molar-refractivity contribution >= 4 is 17.8 Å². The number of hydrogen-bond acceptors (Lipinski definition) is 3. The lowest BCUT2D eigenvalue weighted by molar-refractivity contribution is -0.138. The summed E-state index contributed by atoms with van der Waals surface area (Å²) >= 11 is 0. The van der Waals surface area contributed by atoms with Gasteiger partial charge >= 0.3 is 5.97 Å². The second-order valence-corrected chi connectivity index (χ2v) is 6.93. The zero-order valence-electron chi connectivity index (χ0n) is 14.1. The normalized spacial score (nSPS) is 17.8. The zero-order valence-corrected chi connectivity index (χ0v) is 14.1. The summed E-state index contributed by atoms with van der Waals surface area (Å²) in [7, 11) is 0. The van der Waals surface area contributed by atoms with Gasteiger partial charge in [-0.25, -0.2) is 0 Å². The Kier molecular flexibility index (Phi) is 5.59. The molecule has 6 heteroatoms. The smallest absolute Gasteiger partial charge is 0.303 e. The molecule has 2 N–H and O–H groups in total. The molecule has 0 aliphatic carbocycles. The summed E-state index contributed by atoms with van der Waals surface area (Å²) in [5.74, 6) is -1.48. The van der Waals surface area contributed by atoms with Crippen molar-refractivity contribution in [3.8, 4) is 0 Å². The summed E-state index contributed by atoms with van der Waals surface area (Å²) in [4.78, 5) is 36.9. The standard InChI is InChI=1S/C18H24N2O4/c1-18(2,9-8-16(22)23)19-17(24)14-10-15(21)20(12-14)11-13-6-4-3-5-7-13/h3-7,14H,8-12H2,1-2H3,(H,19,24)(H,22,23). The third-order valence-corrected chi connectivity index (χ3v) is 4.23. The molecule has 24 heavy (non-hydrogen) atoms. The number of aliphatic carboxylic acids is 1. The van der Waals surface area contributed by atoms with Gasteiger partial charge in [-0.15, -0.1) is 0 Å². The van der Waals surface area contributed by atoms with E-state index in [1.807, 2.05) is 30.3 Å². The molecule has 1 aliphatic heterocycles. The number of carbonyl (C=O) groups excluding carboxylic acids is 2. The number of hydrogen-bond donors (Lipinski definition) is 2. The quantitative estimate of drug-likeness (QED) is 0.797. The molecule has 0 saturated carbocycles. The molecule has 1 atom stereocenters. The number of carbonyl (C=O) groups is 3. The molecule has 1 aliphatic rings. The lowest BCUT2D eigenvalue weighted by Gasteiger charge is -2.27. The molecule has 130 valence electrons. The maximum Gasteiger partial charge on any atom is 0.303 e. The summed E-state index contributed by atoms with van der Waals surface area (Å²) in [5.41, 5.74) is 0.430. The second-order valence-electron chi connectivity index (χ2n) is 6.93. The van der Waals surface area contributed by atoms with Crippen LogP contribution >= 0.6 is 0 Å². The molecule has 0 radical (unpaired) electrons. The van der Waals surface area contributed by atoms with Gasteiger partial charge in [0.15, 0.2) is 0 Å². The molecular formula is C18H24N2O4. The first kappa shape index (κ1) is 18.0. The number of rotatable bonds is 7. The highest BCUT2D eigenvalue weighted by molar-refractivity contribution is 5.89. The van der Waals surface area contributed by atoms with Crippen molar-refractivity contribution in [1.29, 1.82) is 0 Å². The average Bonchev–Trinajstić information content (AvgIpc) is 2.87. The van der Waals surface area contributed by atoms with Crippen LogP contribution in [-0.2, 0) is 20.9 Å². The van der Waals surface area contributed by atoms with Crippen molar-refractivity contribution in [2.45, 2.75) is 45.2 Å². The van der Waals surface area contributed by atoms with Crippen LogP contribution in [0.1, 0.15) is 38.7 Å². The van der Waals surface area contributed by atoms with E-state index in [0.717, 1.165) is 5.56 Å². The van der Waals surface area contributed by atoms with Gasteiger partial charge in [0.1, 0.15) is 0 Å². The maximum absolute atomic E-state index is 12.4. The fraction of sp³-hybridized carbons (Fsp3) is 0.500. The number of carboxylic acids is 1. The maximum atomic E-state index is 12.4. The van der Waals surface area contributed by atoms with Gasteiger partial charge in [0.25, 0.3) is 0 Å². The molecule has 1 fully saturated rings. The molecule has 1 saturated heterocycles. The Morgan fingerprint density at radius 3 is 2.58 bits per heavy atom. The van der Waals surface area contributed by atoms with E-state index in [0.29, 0.717) is 19.5 Å². The summed E-state index contributed by atoms with van der Waals surface area (Å²) in [5, 5.41) is 11.6. The fourth-order valence-electron chi connectivity index (χ4n) is 2.82. The van der Waals surface area contributed by atoms with Crippen LogP contribution in [0.2, 0.25) is 0 Å². The first-order chi connectivity index (χ1) is 11.3. The molecule has 1 aromatic carbocycles. The minimum atomic E-state index is -0.887. The monoisotopic (exact) mass is 332 g/mol. The van der Waals surface area contributed by atoms with E-state index in [9.17, 15) is 14.4 Å². The van der Waals surface area contributed by atoms with Crippen molar-refractivity contribution in [2.75, 3.05) is 6.54 Å². The zero-order chi connectivity index (χ0) is 17.7. The highest BCUT2D eigenvalue weighted by atomic mass is 16.4. The molecule has 6 nitrogen and oxygen atoms in total. The Morgan fingerprint density at radius 1 is 1.29 bits per heavy atom. The van der Waals surface area contributed by atoms with E-state index in [1.54, 1.807) is 18.7 Å². The molecule has 1 heterocycles. The van der Waals surface area contributed by atoms with Crippen molar-refractivity contribution in [3.05, 3.63) is 35.9 Å². The Hall–Kier alpha value is -2.37. The molecule has 2 amide bonds. The van der Waals surface area contributed by atoms with Gasteiger partial charge < -0.3 is 15.3 Å². The number of nitrogens with zero attached hydrogens (tertiary/aromatic N) is 1. The van der Waals surface area contributed by atoms with Crippen molar-refractivity contribution in [1.82, 2.24) is 10.2 Å². The van der Waals surface area contributed by atoms with Crippen LogP contribution in [0.25, 0.3) is 0 Å². The molecule has 0 aromatic heterocycles. The van der Waals surface area contributed by atoms with E-state index < -0.39 is 11.5 Å². The highest BCUT2D eigenvalue weighted by Crippen LogP contribution is 2.22. The van der Waals surface area contributed by atoms with Crippen LogP contribution < -0.4 is 5.32 Å². The molecular weight excluding hydrogens is 308 g/mol. The number of carboxylic acid groups (broad SMARTS) is 1. The predicted molar refractivity (Wildman–Crippen MR) is 89.1 cm³/mol. The first-order valence-corrected chi connectivity index (χ1v) is 8.12. The topological polar surface area (TPSA) is 86.7 Å². The van der Waals surface area contributed by atoms with Gasteiger partial charge in [0.2, 0.25) is 11.8 Å². The number of benzene rings is 1. The van der Waals surface area contributed by atoms with Gasteiger partial charge in [-0.05, 0) is 25.8 Å². The SMILES string of the molecule is CC(C)(CCC(=O)O)NC(=O)C1CC(=O)N(Cc2ccccc2)C1. The number of amides is 2. The van der Waals surface area contributed by atoms with Crippen LogP contribution in [0.3, 0.4) is 0 Å². The highest BCUT2D eigenvalue weighted by Gasteiger charge is 2.36. The van der Waals surface area contributed by atoms with Crippen LogP contribution in [0.4, 0.5) is 0 Å². The molecule has 0 bridgehead atoms. The molecule has 1 aromatic rings. The summed E-state index contributed by atoms with van der Waals surface area (Å²) in [6.45, 7) is 4.50. The third-order valence-electron chi connectivity index (χ3n) is 4.23. The predicted octanol–water partition coefficient (Wildman–Crippen LogP) is 1.79. The summed E-state index contributed by atoms with van der Waals surface area (Å²) in [6, 6.07) is 9.67. The van der Waals surface area contributed by atoms with Gasteiger partial charge in [-0.3, -0.25) is 14.4 Å². The Morgan fingerprint density at radius 2 is 1.96 bits per heavy atom. The third kappa shape index (κ3) is 5.08. The summed E-state index contributed by atoms with van der Waals surface area (Å²) in [6.07, 6.45) is 0.549. The lowest BCUT2D eigenvalue weighted by atomic mass is 9.96. The Labute approximate surface area is 141 Å². The van der Waals surface area contributed by atoms with Gasteiger partial charge in [-0.2, -0.15) is 0 Å². The van der Waals surface area contributed by atoms with Crippen molar-refractivity contribution < 1.29 is 19.5 Å². The Bertz CT molecular complexity index is 613. The number of likely N-dealkylation sites (tertiary alicyclic amines) is 1. The lowest BCUT2D eigenvalue weighted by Crippen LogP contribution is -2.46. The molecule has 2 rings (SSSR count). The van der Waals surface area contributed by atoms with Crippen molar-refractivity contribution in [2.24, 2.45) is 5.92 Å². The first-order valence-electron chi connectivity index (χ1n) is 8.12. The minimum Gasteiger partial charge on any atom is -0.481 e. The van der Waals surface area contributed by atoms with Gasteiger partial charge in [0.05, 0.1) is 5.92 Å². The van der Waals surface area contributed by atoms with E-state index in [1.165, 1.54) is 0 Å². The van der Waals surface area contributed by atoms with E-state index in [-0.39, 0.29) is 30.6 Å². The molecule has 0 spiro atoms. The van der Waals surface area contributed by atoms with Crippen LogP contribution in [0.15, 0.2) is 30.3 Å². The van der Waals surface area contributed by atoms with Crippen molar-refractivity contribution in [3.63, 3.8) is 0 Å².